The Kier molecular flexibility index (Phi) is 8.13. The molecule has 2 aromatic carbocycles. The van der Waals surface area contributed by atoms with Crippen molar-refractivity contribution in [2.75, 3.05) is 58.9 Å². The molecule has 3 aromatic rings. The fraction of sp³-hybridized carbons (Fsp3) is 0.320. The van der Waals surface area contributed by atoms with E-state index in [0.717, 1.165) is 19.2 Å². The second-order valence-electron chi connectivity index (χ2n) is 7.94. The van der Waals surface area contributed by atoms with Gasteiger partial charge in [0.15, 0.2) is 23.1 Å². The predicted octanol–water partition coefficient (Wildman–Crippen LogP) is 2.57. The molecule has 4 rings (SSSR count). The smallest absolute Gasteiger partial charge is 0.313 e. The molecule has 2 heterocycles. The number of carbonyl (C=O) groups is 2. The summed E-state index contributed by atoms with van der Waals surface area (Å²) in [6.07, 6.45) is 1.54. The summed E-state index contributed by atoms with van der Waals surface area (Å²) >= 11 is 0. The fourth-order valence-corrected chi connectivity index (χ4v) is 3.74. The topological polar surface area (TPSA) is 111 Å². The molecule has 1 saturated heterocycles. The maximum absolute atomic E-state index is 14.8. The maximum atomic E-state index is 14.8. The van der Waals surface area contributed by atoms with Gasteiger partial charge in [0.2, 0.25) is 0 Å². The first-order valence-corrected chi connectivity index (χ1v) is 11.4. The third kappa shape index (κ3) is 5.99. The largest absolute Gasteiger partial charge is 0.493 e. The highest BCUT2D eigenvalue weighted by atomic mass is 19.1. The molecule has 0 saturated carbocycles. The highest BCUT2D eigenvalue weighted by Crippen LogP contribution is 2.37. The zero-order chi connectivity index (χ0) is 25.5. The average molecular weight is 499 g/mol. The third-order valence-corrected chi connectivity index (χ3v) is 5.64. The number of morpholine rings is 1. The maximum Gasteiger partial charge on any atom is 0.313 e. The van der Waals surface area contributed by atoms with Gasteiger partial charge in [0.25, 0.3) is 0 Å². The van der Waals surface area contributed by atoms with Crippen LogP contribution in [-0.4, -0.2) is 75.3 Å². The van der Waals surface area contributed by atoms with E-state index in [9.17, 15) is 14.0 Å². The molecule has 10 nitrogen and oxygen atoms in total. The number of amides is 2. The Bertz CT molecular complexity index is 1250. The Morgan fingerprint density at radius 1 is 1.00 bits per heavy atom. The number of aromatic nitrogens is 1. The van der Waals surface area contributed by atoms with Gasteiger partial charge in [-0.1, -0.05) is 0 Å². The standard InChI is InChI=1S/C25H27FN4O6/c1-33-22-14-17-19(15-23(22)34-2)27-6-5-20(17)36-21-4-3-16(13-18(21)26)29-25(32)24(31)28-7-8-30-9-11-35-12-10-30/h3-6,13-15H,7-12H2,1-2H3,(H,28,31)(H,29,32). The minimum Gasteiger partial charge on any atom is -0.493 e. The summed E-state index contributed by atoms with van der Waals surface area (Å²) in [4.78, 5) is 30.7. The van der Waals surface area contributed by atoms with Gasteiger partial charge in [-0.15, -0.1) is 0 Å². The number of methoxy groups -OCH3 is 2. The molecule has 1 aliphatic heterocycles. The zero-order valence-corrected chi connectivity index (χ0v) is 20.0. The summed E-state index contributed by atoms with van der Waals surface area (Å²) in [5.41, 5.74) is 0.702. The number of hydrogen-bond acceptors (Lipinski definition) is 8. The highest BCUT2D eigenvalue weighted by Gasteiger charge is 2.17. The first-order chi connectivity index (χ1) is 17.5. The summed E-state index contributed by atoms with van der Waals surface area (Å²) < 4.78 is 36.5. The van der Waals surface area contributed by atoms with Crippen LogP contribution in [0.3, 0.4) is 0 Å². The van der Waals surface area contributed by atoms with Crippen LogP contribution in [0.1, 0.15) is 0 Å². The number of carbonyl (C=O) groups excluding carboxylic acids is 2. The summed E-state index contributed by atoms with van der Waals surface area (Å²) in [6, 6.07) is 8.90. The van der Waals surface area contributed by atoms with Crippen molar-refractivity contribution in [3.63, 3.8) is 0 Å². The monoisotopic (exact) mass is 498 g/mol. The summed E-state index contributed by atoms with van der Waals surface area (Å²) in [5.74, 6) is -1.12. The second-order valence-corrected chi connectivity index (χ2v) is 7.94. The molecule has 0 radical (unpaired) electrons. The normalized spacial score (nSPS) is 13.8. The molecule has 0 atom stereocenters. The van der Waals surface area contributed by atoms with E-state index in [1.54, 1.807) is 18.2 Å². The van der Waals surface area contributed by atoms with Crippen molar-refractivity contribution < 1.29 is 32.9 Å². The Morgan fingerprint density at radius 2 is 1.75 bits per heavy atom. The Morgan fingerprint density at radius 3 is 2.47 bits per heavy atom. The highest BCUT2D eigenvalue weighted by molar-refractivity contribution is 6.39. The van der Waals surface area contributed by atoms with Crippen LogP contribution in [0.5, 0.6) is 23.0 Å². The van der Waals surface area contributed by atoms with Crippen LogP contribution in [0.25, 0.3) is 10.9 Å². The van der Waals surface area contributed by atoms with Gasteiger partial charge in [0.05, 0.1) is 33.0 Å². The Hall–Kier alpha value is -3.96. The van der Waals surface area contributed by atoms with E-state index in [-0.39, 0.29) is 11.4 Å². The van der Waals surface area contributed by atoms with Crippen LogP contribution in [-0.2, 0) is 14.3 Å². The molecule has 11 heteroatoms. The van der Waals surface area contributed by atoms with Gasteiger partial charge < -0.3 is 29.6 Å². The van der Waals surface area contributed by atoms with Crippen LogP contribution in [0.15, 0.2) is 42.6 Å². The number of fused-ring (bicyclic) bond motifs is 1. The molecular weight excluding hydrogens is 471 g/mol. The molecule has 2 amide bonds. The lowest BCUT2D eigenvalue weighted by Crippen LogP contribution is -2.43. The SMILES string of the molecule is COc1cc2nccc(Oc3ccc(NC(=O)C(=O)NCCN4CCOCC4)cc3F)c2cc1OC. The molecule has 190 valence electrons. The van der Waals surface area contributed by atoms with Gasteiger partial charge in [-0.05, 0) is 24.3 Å². The van der Waals surface area contributed by atoms with E-state index >= 15 is 0 Å². The molecular formula is C25H27FN4O6. The van der Waals surface area contributed by atoms with Crippen molar-refractivity contribution in [1.29, 1.82) is 0 Å². The average Bonchev–Trinajstić information content (AvgIpc) is 2.90. The number of ether oxygens (including phenoxy) is 4. The lowest BCUT2D eigenvalue weighted by atomic mass is 10.2. The van der Waals surface area contributed by atoms with Gasteiger partial charge >= 0.3 is 11.8 Å². The Labute approximate surface area is 207 Å². The van der Waals surface area contributed by atoms with E-state index in [1.807, 2.05) is 0 Å². The first-order valence-electron chi connectivity index (χ1n) is 11.4. The molecule has 1 aliphatic rings. The van der Waals surface area contributed by atoms with Gasteiger partial charge in [-0.2, -0.15) is 0 Å². The van der Waals surface area contributed by atoms with Crippen LogP contribution in [0, 0.1) is 5.82 Å². The van der Waals surface area contributed by atoms with Crippen LogP contribution in [0.4, 0.5) is 10.1 Å². The van der Waals surface area contributed by atoms with Gasteiger partial charge in [-0.25, -0.2) is 4.39 Å². The third-order valence-electron chi connectivity index (χ3n) is 5.64. The van der Waals surface area contributed by atoms with Crippen molar-refractivity contribution in [1.82, 2.24) is 15.2 Å². The molecule has 0 spiro atoms. The van der Waals surface area contributed by atoms with Crippen LogP contribution < -0.4 is 24.8 Å². The number of nitrogens with one attached hydrogen (secondary N) is 2. The first kappa shape index (κ1) is 25.1. The van der Waals surface area contributed by atoms with E-state index < -0.39 is 17.6 Å². The van der Waals surface area contributed by atoms with E-state index in [1.165, 1.54) is 32.5 Å². The van der Waals surface area contributed by atoms with Crippen molar-refractivity contribution in [2.45, 2.75) is 0 Å². The van der Waals surface area contributed by atoms with Gasteiger partial charge in [-0.3, -0.25) is 19.5 Å². The number of halogens is 1. The summed E-state index contributed by atoms with van der Waals surface area (Å²) in [6.45, 7) is 3.81. The summed E-state index contributed by atoms with van der Waals surface area (Å²) in [7, 11) is 3.03. The van der Waals surface area contributed by atoms with Crippen molar-refractivity contribution in [3.8, 4) is 23.0 Å². The number of nitrogens with zero attached hydrogens (tertiary/aromatic N) is 2. The van der Waals surface area contributed by atoms with Crippen LogP contribution >= 0.6 is 0 Å². The lowest BCUT2D eigenvalue weighted by molar-refractivity contribution is -0.136. The van der Waals surface area contributed by atoms with Gasteiger partial charge in [0, 0.05) is 55.6 Å². The number of anilines is 1. The molecule has 0 aliphatic carbocycles. The van der Waals surface area contributed by atoms with Crippen molar-refractivity contribution >= 4 is 28.4 Å². The minimum atomic E-state index is -0.883. The second kappa shape index (κ2) is 11.6. The van der Waals surface area contributed by atoms with E-state index in [4.69, 9.17) is 18.9 Å². The number of hydrogen-bond donors (Lipinski definition) is 2. The van der Waals surface area contributed by atoms with Crippen LogP contribution in [0.2, 0.25) is 0 Å². The van der Waals surface area contributed by atoms with E-state index in [2.05, 4.69) is 20.5 Å². The molecule has 0 bridgehead atoms. The predicted molar refractivity (Wildman–Crippen MR) is 130 cm³/mol. The summed E-state index contributed by atoms with van der Waals surface area (Å²) in [5, 5.41) is 5.56. The molecule has 0 unspecified atom stereocenters. The number of pyridine rings is 1. The quantitative estimate of drug-likeness (QED) is 0.456. The van der Waals surface area contributed by atoms with E-state index in [0.29, 0.717) is 54.5 Å². The number of benzene rings is 2. The van der Waals surface area contributed by atoms with Crippen molar-refractivity contribution in [2.24, 2.45) is 0 Å². The lowest BCUT2D eigenvalue weighted by Gasteiger charge is -2.26. The molecule has 1 aromatic heterocycles. The van der Waals surface area contributed by atoms with Crippen molar-refractivity contribution in [3.05, 3.63) is 48.4 Å². The molecule has 1 fully saturated rings. The Balaban J connectivity index is 1.39. The fourth-order valence-electron chi connectivity index (χ4n) is 3.74. The molecule has 2 N–H and O–H groups in total. The van der Waals surface area contributed by atoms with Gasteiger partial charge in [0.1, 0.15) is 5.75 Å². The minimum absolute atomic E-state index is 0.0646. The zero-order valence-electron chi connectivity index (χ0n) is 20.0. The number of rotatable bonds is 8. The molecule has 36 heavy (non-hydrogen) atoms.